The van der Waals surface area contributed by atoms with Crippen molar-refractivity contribution < 1.29 is 14.3 Å². The summed E-state index contributed by atoms with van der Waals surface area (Å²) < 4.78 is 5.62. The van der Waals surface area contributed by atoms with Crippen LogP contribution in [-0.2, 0) is 24.2 Å². The van der Waals surface area contributed by atoms with Crippen molar-refractivity contribution >= 4 is 11.8 Å². The molecule has 6 nitrogen and oxygen atoms in total. The maximum absolute atomic E-state index is 13.5. The summed E-state index contributed by atoms with van der Waals surface area (Å²) in [5, 5.41) is 3.00. The van der Waals surface area contributed by atoms with Gasteiger partial charge in [-0.15, -0.1) is 0 Å². The number of hydrogen-bond donors (Lipinski definition) is 1. The molecule has 1 atom stereocenters. The molecule has 3 aromatic carbocycles. The van der Waals surface area contributed by atoms with E-state index in [1.807, 2.05) is 53.4 Å². The first kappa shape index (κ1) is 23.1. The number of nitrogens with zero attached hydrogens (tertiary/aromatic N) is 2. The fourth-order valence-corrected chi connectivity index (χ4v) is 4.82. The number of benzene rings is 3. The lowest BCUT2D eigenvalue weighted by atomic mass is 10.0. The zero-order chi connectivity index (χ0) is 24.0. The van der Waals surface area contributed by atoms with E-state index in [0.29, 0.717) is 25.1 Å². The van der Waals surface area contributed by atoms with Crippen LogP contribution in [0.5, 0.6) is 5.75 Å². The summed E-state index contributed by atoms with van der Waals surface area (Å²) in [6, 6.07) is 24.8. The van der Waals surface area contributed by atoms with Crippen LogP contribution in [0.1, 0.15) is 27.0 Å². The molecule has 1 unspecified atom stereocenters. The second kappa shape index (κ2) is 10.7. The number of hydrogen-bond acceptors (Lipinski definition) is 4. The maximum Gasteiger partial charge on any atom is 0.251 e. The standard InChI is InChI=1S/C29H31N3O3/c33-28(24-9-5-2-6-10-24)30-26(20-22-7-3-1-4-8-22)29(34)32-16-14-31(15-17-32)21-23-11-12-27-25(19-23)13-18-35-27/h1-12,19,26H,13-18,20-21H2,(H,30,33). The third-order valence-corrected chi connectivity index (χ3v) is 6.77. The van der Waals surface area contributed by atoms with E-state index < -0.39 is 6.04 Å². The number of fused-ring (bicyclic) bond motifs is 1. The first-order valence-electron chi connectivity index (χ1n) is 12.3. The van der Waals surface area contributed by atoms with Crippen LogP contribution in [0.15, 0.2) is 78.9 Å². The van der Waals surface area contributed by atoms with Crippen LogP contribution < -0.4 is 10.1 Å². The first-order valence-corrected chi connectivity index (χ1v) is 12.3. The molecule has 1 N–H and O–H groups in total. The normalized spacial score (nSPS) is 16.3. The Labute approximate surface area is 206 Å². The first-order chi connectivity index (χ1) is 17.2. The minimum absolute atomic E-state index is 0.0209. The third-order valence-electron chi connectivity index (χ3n) is 6.77. The van der Waals surface area contributed by atoms with Gasteiger partial charge >= 0.3 is 0 Å². The summed E-state index contributed by atoms with van der Waals surface area (Å²) in [6.45, 7) is 4.56. The average molecular weight is 470 g/mol. The van der Waals surface area contributed by atoms with Gasteiger partial charge in [-0.2, -0.15) is 0 Å². The van der Waals surface area contributed by atoms with E-state index in [-0.39, 0.29) is 11.8 Å². The molecule has 1 fully saturated rings. The molecule has 180 valence electrons. The van der Waals surface area contributed by atoms with Gasteiger partial charge in [0.2, 0.25) is 5.91 Å². The van der Waals surface area contributed by atoms with Gasteiger partial charge in [0.25, 0.3) is 5.91 Å². The van der Waals surface area contributed by atoms with E-state index in [2.05, 4.69) is 28.4 Å². The van der Waals surface area contributed by atoms with Crippen molar-refractivity contribution in [3.8, 4) is 5.75 Å². The fraction of sp³-hybridized carbons (Fsp3) is 0.310. The molecular formula is C29H31N3O3. The number of piperazine rings is 1. The smallest absolute Gasteiger partial charge is 0.251 e. The Morgan fingerprint density at radius 3 is 2.31 bits per heavy atom. The quantitative estimate of drug-likeness (QED) is 0.577. The van der Waals surface area contributed by atoms with Crippen LogP contribution in [0.4, 0.5) is 0 Å². The lowest BCUT2D eigenvalue weighted by Crippen LogP contribution is -2.55. The maximum atomic E-state index is 13.5. The van der Waals surface area contributed by atoms with E-state index in [0.717, 1.165) is 44.0 Å². The van der Waals surface area contributed by atoms with Crippen LogP contribution in [-0.4, -0.2) is 60.4 Å². The van der Waals surface area contributed by atoms with Gasteiger partial charge in [0.15, 0.2) is 0 Å². The monoisotopic (exact) mass is 469 g/mol. The summed E-state index contributed by atoms with van der Waals surface area (Å²) >= 11 is 0. The summed E-state index contributed by atoms with van der Waals surface area (Å²) in [7, 11) is 0. The van der Waals surface area contributed by atoms with Gasteiger partial charge in [-0.1, -0.05) is 60.7 Å². The van der Waals surface area contributed by atoms with Crippen molar-refractivity contribution in [2.75, 3.05) is 32.8 Å². The molecule has 0 aliphatic carbocycles. The molecule has 2 amide bonds. The van der Waals surface area contributed by atoms with Crippen molar-refractivity contribution in [2.24, 2.45) is 0 Å². The van der Waals surface area contributed by atoms with Crippen molar-refractivity contribution in [2.45, 2.75) is 25.4 Å². The summed E-state index contributed by atoms with van der Waals surface area (Å²) in [5.41, 5.74) is 4.15. The molecule has 0 spiro atoms. The van der Waals surface area contributed by atoms with Gasteiger partial charge in [-0.05, 0) is 34.9 Å². The second-order valence-electron chi connectivity index (χ2n) is 9.22. The van der Waals surface area contributed by atoms with E-state index in [1.54, 1.807) is 12.1 Å². The minimum Gasteiger partial charge on any atom is -0.493 e. The van der Waals surface area contributed by atoms with Crippen LogP contribution in [0.25, 0.3) is 0 Å². The zero-order valence-electron chi connectivity index (χ0n) is 19.9. The lowest BCUT2D eigenvalue weighted by molar-refractivity contribution is -0.135. The SMILES string of the molecule is O=C(NC(Cc1ccccc1)C(=O)N1CCN(Cc2ccc3c(c2)CCO3)CC1)c1ccccc1. The van der Waals surface area contributed by atoms with E-state index in [1.165, 1.54) is 11.1 Å². The van der Waals surface area contributed by atoms with Gasteiger partial charge < -0.3 is 15.0 Å². The van der Waals surface area contributed by atoms with Crippen LogP contribution in [0.3, 0.4) is 0 Å². The Morgan fingerprint density at radius 2 is 1.57 bits per heavy atom. The zero-order valence-corrected chi connectivity index (χ0v) is 19.9. The molecule has 1 saturated heterocycles. The van der Waals surface area contributed by atoms with E-state index in [9.17, 15) is 9.59 Å². The highest BCUT2D eigenvalue weighted by Crippen LogP contribution is 2.26. The van der Waals surface area contributed by atoms with E-state index in [4.69, 9.17) is 4.74 Å². The van der Waals surface area contributed by atoms with Gasteiger partial charge in [0.1, 0.15) is 11.8 Å². The molecule has 35 heavy (non-hydrogen) atoms. The van der Waals surface area contributed by atoms with Crippen molar-refractivity contribution in [3.05, 3.63) is 101 Å². The molecule has 0 radical (unpaired) electrons. The second-order valence-corrected chi connectivity index (χ2v) is 9.22. The lowest BCUT2D eigenvalue weighted by Gasteiger charge is -2.36. The third kappa shape index (κ3) is 5.72. The number of ether oxygens (including phenoxy) is 1. The molecule has 0 saturated carbocycles. The molecular weight excluding hydrogens is 438 g/mol. The summed E-state index contributed by atoms with van der Waals surface area (Å²) in [4.78, 5) is 30.7. The van der Waals surface area contributed by atoms with Crippen molar-refractivity contribution in [1.29, 1.82) is 0 Å². The van der Waals surface area contributed by atoms with Crippen LogP contribution >= 0.6 is 0 Å². The number of carbonyl (C=O) groups is 2. The highest BCUT2D eigenvalue weighted by atomic mass is 16.5. The number of rotatable bonds is 7. The molecule has 0 bridgehead atoms. The van der Waals surface area contributed by atoms with Gasteiger partial charge in [0, 0.05) is 51.1 Å². The molecule has 2 aliphatic heterocycles. The molecule has 6 heteroatoms. The molecule has 2 aliphatic rings. The predicted octanol–water partition coefficient (Wildman–Crippen LogP) is 3.31. The molecule has 3 aromatic rings. The van der Waals surface area contributed by atoms with Gasteiger partial charge in [0.05, 0.1) is 6.61 Å². The topological polar surface area (TPSA) is 61.9 Å². The summed E-state index contributed by atoms with van der Waals surface area (Å²) in [6.07, 6.45) is 1.44. The Kier molecular flexibility index (Phi) is 7.09. The minimum atomic E-state index is -0.603. The highest BCUT2D eigenvalue weighted by Gasteiger charge is 2.29. The number of carbonyl (C=O) groups excluding carboxylic acids is 2. The van der Waals surface area contributed by atoms with Crippen LogP contribution in [0, 0.1) is 0 Å². The molecule has 0 aromatic heterocycles. The molecule has 5 rings (SSSR count). The predicted molar refractivity (Wildman–Crippen MR) is 135 cm³/mol. The van der Waals surface area contributed by atoms with Gasteiger partial charge in [-0.3, -0.25) is 14.5 Å². The fourth-order valence-electron chi connectivity index (χ4n) is 4.82. The molecule has 2 heterocycles. The Balaban J connectivity index is 1.22. The average Bonchev–Trinajstić information content (AvgIpc) is 3.37. The van der Waals surface area contributed by atoms with Crippen molar-refractivity contribution in [3.63, 3.8) is 0 Å². The van der Waals surface area contributed by atoms with Crippen molar-refractivity contribution in [1.82, 2.24) is 15.1 Å². The Bertz CT molecular complexity index is 1160. The number of amides is 2. The van der Waals surface area contributed by atoms with Gasteiger partial charge in [-0.25, -0.2) is 0 Å². The highest BCUT2D eigenvalue weighted by molar-refractivity contribution is 5.97. The Hall–Kier alpha value is -3.64. The van der Waals surface area contributed by atoms with E-state index >= 15 is 0 Å². The number of nitrogens with one attached hydrogen (secondary N) is 1. The largest absolute Gasteiger partial charge is 0.493 e. The van der Waals surface area contributed by atoms with Crippen LogP contribution in [0.2, 0.25) is 0 Å². The summed E-state index contributed by atoms with van der Waals surface area (Å²) in [5.74, 6) is 0.762. The Morgan fingerprint density at radius 1 is 0.857 bits per heavy atom.